The molecule has 1 aromatic heterocycles. The molecular weight excluding hydrogens is 166 g/mol. The molecule has 64 valence electrons. The third-order valence-corrected chi connectivity index (χ3v) is 2.28. The van der Waals surface area contributed by atoms with Gasteiger partial charge in [0.15, 0.2) is 0 Å². The number of aromatic nitrogens is 2. The molecule has 1 unspecified atom stereocenters. The lowest BCUT2D eigenvalue weighted by molar-refractivity contribution is 0.303. The van der Waals surface area contributed by atoms with Crippen molar-refractivity contribution in [1.82, 2.24) is 10.3 Å². The standard InChI is InChI=1S/C9H7N3O/c1-5-4-6-7(10-5)2-3-8-9(6)12-13-11-8/h2-4,6H,1H3. The Kier molecular flexibility index (Phi) is 1.12. The van der Waals surface area contributed by atoms with Crippen LogP contribution in [-0.2, 0) is 0 Å². The first-order valence-electron chi connectivity index (χ1n) is 4.12. The molecule has 4 heteroatoms. The van der Waals surface area contributed by atoms with E-state index in [0.29, 0.717) is 0 Å². The zero-order chi connectivity index (χ0) is 8.84. The second-order valence-electron chi connectivity index (χ2n) is 3.19. The van der Waals surface area contributed by atoms with E-state index in [9.17, 15) is 0 Å². The van der Waals surface area contributed by atoms with Crippen LogP contribution in [0.25, 0.3) is 6.08 Å². The van der Waals surface area contributed by atoms with E-state index < -0.39 is 0 Å². The first kappa shape index (κ1) is 6.77. The lowest BCUT2D eigenvalue weighted by Crippen LogP contribution is -2.09. The summed E-state index contributed by atoms with van der Waals surface area (Å²) in [7, 11) is 0. The zero-order valence-corrected chi connectivity index (χ0v) is 7.06. The number of allylic oxidation sites excluding steroid dienone is 3. The van der Waals surface area contributed by atoms with E-state index in [0.717, 1.165) is 22.8 Å². The predicted molar refractivity (Wildman–Crippen MR) is 47.3 cm³/mol. The van der Waals surface area contributed by atoms with Crippen molar-refractivity contribution >= 4 is 11.8 Å². The topological polar surface area (TPSA) is 51.3 Å². The van der Waals surface area contributed by atoms with Crippen LogP contribution < -0.4 is 0 Å². The van der Waals surface area contributed by atoms with Gasteiger partial charge in [-0.05, 0) is 25.2 Å². The quantitative estimate of drug-likeness (QED) is 0.597. The highest BCUT2D eigenvalue weighted by atomic mass is 16.6. The summed E-state index contributed by atoms with van der Waals surface area (Å²) >= 11 is 0. The molecule has 0 fully saturated rings. The first-order valence-corrected chi connectivity index (χ1v) is 4.12. The minimum Gasteiger partial charge on any atom is -0.257 e. The Balaban J connectivity index is 2.22. The third-order valence-electron chi connectivity index (χ3n) is 2.28. The van der Waals surface area contributed by atoms with Crippen LogP contribution in [0.5, 0.6) is 0 Å². The highest BCUT2D eigenvalue weighted by Crippen LogP contribution is 2.31. The van der Waals surface area contributed by atoms with Gasteiger partial charge in [-0.1, -0.05) is 10.3 Å². The normalized spacial score (nSPS) is 23.6. The van der Waals surface area contributed by atoms with Gasteiger partial charge in [0.2, 0.25) is 0 Å². The summed E-state index contributed by atoms with van der Waals surface area (Å²) in [5.74, 6) is 0.159. The maximum atomic E-state index is 4.68. The maximum absolute atomic E-state index is 4.68. The zero-order valence-electron chi connectivity index (χ0n) is 7.06. The highest BCUT2D eigenvalue weighted by molar-refractivity contribution is 6.08. The molecule has 0 spiro atoms. The average Bonchev–Trinajstić information content (AvgIpc) is 2.65. The molecule has 1 aliphatic heterocycles. The summed E-state index contributed by atoms with van der Waals surface area (Å²) in [5, 5.41) is 7.66. The van der Waals surface area contributed by atoms with E-state index in [1.54, 1.807) is 0 Å². The van der Waals surface area contributed by atoms with Gasteiger partial charge in [-0.25, -0.2) is 4.63 Å². The van der Waals surface area contributed by atoms with Gasteiger partial charge in [-0.15, -0.1) is 0 Å². The maximum Gasteiger partial charge on any atom is 0.132 e. The molecule has 0 saturated carbocycles. The lowest BCUT2D eigenvalue weighted by atomic mass is 9.94. The molecular formula is C9H7N3O. The molecule has 0 radical (unpaired) electrons. The summed E-state index contributed by atoms with van der Waals surface area (Å²) in [5.41, 5.74) is 3.74. The van der Waals surface area contributed by atoms with Gasteiger partial charge in [0.05, 0.1) is 11.6 Å². The first-order chi connectivity index (χ1) is 6.34. The molecule has 0 saturated heterocycles. The molecule has 4 nitrogen and oxygen atoms in total. The number of hydrogen-bond donors (Lipinski definition) is 0. The summed E-state index contributed by atoms with van der Waals surface area (Å²) in [6, 6.07) is 0. The molecule has 2 aliphatic rings. The predicted octanol–water partition coefficient (Wildman–Crippen LogP) is 1.54. The molecule has 13 heavy (non-hydrogen) atoms. The molecule has 2 heterocycles. The molecule has 1 atom stereocenters. The third kappa shape index (κ3) is 0.824. The van der Waals surface area contributed by atoms with E-state index in [-0.39, 0.29) is 5.92 Å². The second-order valence-corrected chi connectivity index (χ2v) is 3.19. The van der Waals surface area contributed by atoms with Crippen molar-refractivity contribution in [1.29, 1.82) is 0 Å². The van der Waals surface area contributed by atoms with Crippen LogP contribution in [0.4, 0.5) is 0 Å². The van der Waals surface area contributed by atoms with Crippen LogP contribution in [0.1, 0.15) is 24.2 Å². The number of hydrogen-bond acceptors (Lipinski definition) is 4. The van der Waals surface area contributed by atoms with Gasteiger partial charge in [0, 0.05) is 5.70 Å². The minimum atomic E-state index is 0.159. The van der Waals surface area contributed by atoms with Gasteiger partial charge in [-0.2, -0.15) is 0 Å². The van der Waals surface area contributed by atoms with E-state index >= 15 is 0 Å². The minimum absolute atomic E-state index is 0.159. The summed E-state index contributed by atoms with van der Waals surface area (Å²) < 4.78 is 4.68. The Morgan fingerprint density at radius 1 is 1.31 bits per heavy atom. The van der Waals surface area contributed by atoms with Crippen LogP contribution in [0, 0.1) is 0 Å². The number of aliphatic imine (C=N–C) groups is 1. The Hall–Kier alpha value is -1.71. The second kappa shape index (κ2) is 2.16. The Morgan fingerprint density at radius 2 is 2.23 bits per heavy atom. The molecule has 1 aromatic rings. The highest BCUT2D eigenvalue weighted by Gasteiger charge is 2.28. The molecule has 3 rings (SSSR count). The monoisotopic (exact) mass is 173 g/mol. The molecule has 0 aromatic carbocycles. The van der Waals surface area contributed by atoms with Gasteiger partial charge in [0.1, 0.15) is 11.4 Å². The van der Waals surface area contributed by atoms with E-state index in [4.69, 9.17) is 0 Å². The van der Waals surface area contributed by atoms with Gasteiger partial charge in [-0.3, -0.25) is 4.99 Å². The molecule has 0 bridgehead atoms. The average molecular weight is 173 g/mol. The van der Waals surface area contributed by atoms with Crippen molar-refractivity contribution < 1.29 is 4.63 Å². The van der Waals surface area contributed by atoms with Crippen LogP contribution in [-0.4, -0.2) is 16.0 Å². The van der Waals surface area contributed by atoms with Crippen molar-refractivity contribution in [3.8, 4) is 0 Å². The van der Waals surface area contributed by atoms with Crippen LogP contribution in [0.15, 0.2) is 27.5 Å². The van der Waals surface area contributed by atoms with Crippen molar-refractivity contribution in [3.63, 3.8) is 0 Å². The number of fused-ring (bicyclic) bond motifs is 3. The van der Waals surface area contributed by atoms with Gasteiger partial charge < -0.3 is 0 Å². The van der Waals surface area contributed by atoms with E-state index in [1.165, 1.54) is 0 Å². The fourth-order valence-corrected chi connectivity index (χ4v) is 1.70. The van der Waals surface area contributed by atoms with Gasteiger partial charge >= 0.3 is 0 Å². The largest absolute Gasteiger partial charge is 0.257 e. The Bertz CT molecular complexity index is 453. The SMILES string of the molecule is CC1=CC2C(=N1)C=Cc1nonc12. The summed E-state index contributed by atoms with van der Waals surface area (Å²) in [6.45, 7) is 1.98. The van der Waals surface area contributed by atoms with Crippen LogP contribution in [0.3, 0.4) is 0 Å². The molecule has 0 N–H and O–H groups in total. The van der Waals surface area contributed by atoms with Crippen molar-refractivity contribution in [2.45, 2.75) is 12.8 Å². The van der Waals surface area contributed by atoms with E-state index in [2.05, 4.69) is 26.0 Å². The van der Waals surface area contributed by atoms with Crippen LogP contribution >= 0.6 is 0 Å². The number of rotatable bonds is 0. The smallest absolute Gasteiger partial charge is 0.132 e. The van der Waals surface area contributed by atoms with Crippen molar-refractivity contribution in [3.05, 3.63) is 29.2 Å². The fraction of sp³-hybridized carbons (Fsp3) is 0.222. The van der Waals surface area contributed by atoms with Crippen LogP contribution in [0.2, 0.25) is 0 Å². The Labute approximate surface area is 74.6 Å². The van der Waals surface area contributed by atoms with Crippen molar-refractivity contribution in [2.75, 3.05) is 0 Å². The Morgan fingerprint density at radius 3 is 3.15 bits per heavy atom. The number of nitrogens with zero attached hydrogens (tertiary/aromatic N) is 3. The fourth-order valence-electron chi connectivity index (χ4n) is 1.70. The summed E-state index contributed by atoms with van der Waals surface area (Å²) in [4.78, 5) is 4.37. The summed E-state index contributed by atoms with van der Waals surface area (Å²) in [6.07, 6.45) is 5.92. The van der Waals surface area contributed by atoms with Crippen molar-refractivity contribution in [2.24, 2.45) is 4.99 Å². The molecule has 0 amide bonds. The lowest BCUT2D eigenvalue weighted by Gasteiger charge is -2.08. The van der Waals surface area contributed by atoms with E-state index in [1.807, 2.05) is 19.1 Å². The van der Waals surface area contributed by atoms with Gasteiger partial charge in [0.25, 0.3) is 0 Å². The molecule has 1 aliphatic carbocycles.